The molecule has 1 aliphatic rings. The highest BCUT2D eigenvalue weighted by Gasteiger charge is 2.29. The molecular formula is C13H20N2O2S. The van der Waals surface area contributed by atoms with Gasteiger partial charge in [-0.3, -0.25) is 4.31 Å². The molecule has 2 rings (SSSR count). The summed E-state index contributed by atoms with van der Waals surface area (Å²) < 4.78 is 26.2. The summed E-state index contributed by atoms with van der Waals surface area (Å²) in [5.74, 6) is 0.157. The minimum absolute atomic E-state index is 0.0568. The molecular weight excluding hydrogens is 248 g/mol. The molecule has 0 bridgehead atoms. The summed E-state index contributed by atoms with van der Waals surface area (Å²) in [4.78, 5) is 0. The van der Waals surface area contributed by atoms with Crippen LogP contribution in [0.5, 0.6) is 0 Å². The summed E-state index contributed by atoms with van der Waals surface area (Å²) in [6.45, 7) is 7.13. The van der Waals surface area contributed by atoms with Gasteiger partial charge in [-0.25, -0.2) is 8.42 Å². The van der Waals surface area contributed by atoms with Crippen LogP contribution in [-0.2, 0) is 10.0 Å². The standard InChI is InChI=1S/C13H20N2O2S/c1-10-6-11(2)8-13(7-10)15-12(3)9-14-4-5-18(15,16)17/h6-8,12,14H,4-5,9H2,1-3H3. The van der Waals surface area contributed by atoms with Crippen LogP contribution in [0.25, 0.3) is 0 Å². The van der Waals surface area contributed by atoms with Crippen molar-refractivity contribution in [3.05, 3.63) is 29.3 Å². The van der Waals surface area contributed by atoms with Gasteiger partial charge in [0.2, 0.25) is 10.0 Å². The smallest absolute Gasteiger partial charge is 0.236 e. The fourth-order valence-electron chi connectivity index (χ4n) is 2.46. The summed E-state index contributed by atoms with van der Waals surface area (Å²) in [6.07, 6.45) is 0. The Hall–Kier alpha value is -1.07. The average molecular weight is 268 g/mol. The molecule has 1 saturated heterocycles. The van der Waals surface area contributed by atoms with Crippen LogP contribution >= 0.6 is 0 Å². The summed E-state index contributed by atoms with van der Waals surface area (Å²) in [5.41, 5.74) is 2.96. The second kappa shape index (κ2) is 4.90. The van der Waals surface area contributed by atoms with Crippen molar-refractivity contribution in [3.8, 4) is 0 Å². The molecule has 1 N–H and O–H groups in total. The van der Waals surface area contributed by atoms with E-state index < -0.39 is 10.0 Å². The first kappa shape index (κ1) is 13.4. The van der Waals surface area contributed by atoms with Crippen LogP contribution in [0.1, 0.15) is 18.1 Å². The van der Waals surface area contributed by atoms with Gasteiger partial charge in [-0.2, -0.15) is 0 Å². The maximum Gasteiger partial charge on any atom is 0.236 e. The molecule has 1 aromatic rings. The topological polar surface area (TPSA) is 49.4 Å². The second-order valence-corrected chi connectivity index (χ2v) is 6.98. The van der Waals surface area contributed by atoms with Gasteiger partial charge in [0, 0.05) is 13.1 Å². The molecule has 1 fully saturated rings. The van der Waals surface area contributed by atoms with Crippen molar-refractivity contribution in [3.63, 3.8) is 0 Å². The second-order valence-electron chi connectivity index (χ2n) is 5.01. The summed E-state index contributed by atoms with van der Waals surface area (Å²) in [6, 6.07) is 5.87. The Labute approximate surface area is 109 Å². The molecule has 0 amide bonds. The zero-order valence-corrected chi connectivity index (χ0v) is 11.9. The number of hydrogen-bond donors (Lipinski definition) is 1. The van der Waals surface area contributed by atoms with Crippen molar-refractivity contribution >= 4 is 15.7 Å². The van der Waals surface area contributed by atoms with E-state index in [0.29, 0.717) is 13.1 Å². The van der Waals surface area contributed by atoms with Crippen LogP contribution in [-0.4, -0.2) is 33.3 Å². The van der Waals surface area contributed by atoms with E-state index in [1.807, 2.05) is 32.9 Å². The minimum Gasteiger partial charge on any atom is -0.314 e. The molecule has 1 aromatic carbocycles. The van der Waals surface area contributed by atoms with Gasteiger partial charge in [0.05, 0.1) is 17.5 Å². The molecule has 0 aliphatic carbocycles. The molecule has 1 unspecified atom stereocenters. The van der Waals surface area contributed by atoms with Crippen molar-refractivity contribution in [1.82, 2.24) is 5.32 Å². The Morgan fingerprint density at radius 2 is 1.83 bits per heavy atom. The summed E-state index contributed by atoms with van der Waals surface area (Å²) in [5, 5.41) is 3.16. The maximum atomic E-state index is 12.3. The Morgan fingerprint density at radius 3 is 2.44 bits per heavy atom. The lowest BCUT2D eigenvalue weighted by Gasteiger charge is -2.28. The SMILES string of the molecule is Cc1cc(C)cc(N2C(C)CNCCS2(=O)=O)c1. The molecule has 18 heavy (non-hydrogen) atoms. The van der Waals surface area contributed by atoms with Gasteiger partial charge in [0.15, 0.2) is 0 Å². The number of sulfonamides is 1. The molecule has 5 heteroatoms. The van der Waals surface area contributed by atoms with Crippen LogP contribution in [0.3, 0.4) is 0 Å². The van der Waals surface area contributed by atoms with E-state index in [2.05, 4.69) is 11.4 Å². The van der Waals surface area contributed by atoms with Crippen molar-refractivity contribution in [1.29, 1.82) is 0 Å². The molecule has 0 aromatic heterocycles. The lowest BCUT2D eigenvalue weighted by atomic mass is 10.1. The Bertz CT molecular complexity index is 520. The highest BCUT2D eigenvalue weighted by Crippen LogP contribution is 2.25. The third-order valence-corrected chi connectivity index (χ3v) is 5.03. The number of aryl methyl sites for hydroxylation is 2. The normalized spacial score (nSPS) is 23.7. The largest absolute Gasteiger partial charge is 0.314 e. The van der Waals surface area contributed by atoms with E-state index in [1.54, 1.807) is 4.31 Å². The first-order valence-electron chi connectivity index (χ1n) is 6.21. The Morgan fingerprint density at radius 1 is 1.22 bits per heavy atom. The van der Waals surface area contributed by atoms with Crippen molar-refractivity contribution < 1.29 is 8.42 Å². The van der Waals surface area contributed by atoms with Crippen LogP contribution in [0.2, 0.25) is 0 Å². The number of rotatable bonds is 1. The van der Waals surface area contributed by atoms with Crippen LogP contribution < -0.4 is 9.62 Å². The molecule has 1 atom stereocenters. The minimum atomic E-state index is -3.22. The van der Waals surface area contributed by atoms with E-state index in [4.69, 9.17) is 0 Å². The van der Waals surface area contributed by atoms with Gasteiger partial charge in [-0.1, -0.05) is 6.07 Å². The fourth-order valence-corrected chi connectivity index (χ4v) is 4.11. The third kappa shape index (κ3) is 2.67. The number of nitrogens with one attached hydrogen (secondary N) is 1. The zero-order valence-electron chi connectivity index (χ0n) is 11.1. The highest BCUT2D eigenvalue weighted by atomic mass is 32.2. The van der Waals surface area contributed by atoms with Crippen LogP contribution in [0.15, 0.2) is 18.2 Å². The lowest BCUT2D eigenvalue weighted by Crippen LogP contribution is -2.41. The maximum absolute atomic E-state index is 12.3. The van der Waals surface area contributed by atoms with Gasteiger partial charge >= 0.3 is 0 Å². The summed E-state index contributed by atoms with van der Waals surface area (Å²) >= 11 is 0. The Kier molecular flexibility index (Phi) is 3.64. The first-order chi connectivity index (χ1) is 8.40. The molecule has 4 nitrogen and oxygen atoms in total. The number of hydrogen-bond acceptors (Lipinski definition) is 3. The Balaban J connectivity index is 2.50. The summed E-state index contributed by atoms with van der Waals surface area (Å²) in [7, 11) is -3.22. The van der Waals surface area contributed by atoms with Gasteiger partial charge in [-0.05, 0) is 44.0 Å². The lowest BCUT2D eigenvalue weighted by molar-refractivity contribution is 0.586. The predicted octanol–water partition coefficient (Wildman–Crippen LogP) is 1.43. The molecule has 100 valence electrons. The van der Waals surface area contributed by atoms with Crippen LogP contribution in [0, 0.1) is 13.8 Å². The van der Waals surface area contributed by atoms with Crippen molar-refractivity contribution in [2.45, 2.75) is 26.8 Å². The average Bonchev–Trinajstić information content (AvgIpc) is 2.35. The van der Waals surface area contributed by atoms with Gasteiger partial charge in [0.1, 0.15) is 0 Å². The van der Waals surface area contributed by atoms with Gasteiger partial charge in [-0.15, -0.1) is 0 Å². The number of nitrogens with zero attached hydrogens (tertiary/aromatic N) is 1. The van der Waals surface area contributed by atoms with Crippen molar-refractivity contribution in [2.24, 2.45) is 0 Å². The van der Waals surface area contributed by atoms with E-state index in [0.717, 1.165) is 16.8 Å². The zero-order chi connectivity index (χ0) is 13.3. The van der Waals surface area contributed by atoms with Crippen LogP contribution in [0.4, 0.5) is 5.69 Å². The highest BCUT2D eigenvalue weighted by molar-refractivity contribution is 7.92. The molecule has 1 heterocycles. The first-order valence-corrected chi connectivity index (χ1v) is 7.82. The quantitative estimate of drug-likeness (QED) is 0.838. The fraction of sp³-hybridized carbons (Fsp3) is 0.538. The number of anilines is 1. The van der Waals surface area contributed by atoms with Gasteiger partial charge < -0.3 is 5.32 Å². The van der Waals surface area contributed by atoms with Gasteiger partial charge in [0.25, 0.3) is 0 Å². The van der Waals surface area contributed by atoms with E-state index in [9.17, 15) is 8.42 Å². The van der Waals surface area contributed by atoms with E-state index >= 15 is 0 Å². The molecule has 0 saturated carbocycles. The number of benzene rings is 1. The van der Waals surface area contributed by atoms with Crippen molar-refractivity contribution in [2.75, 3.05) is 23.1 Å². The molecule has 1 aliphatic heterocycles. The van der Waals surface area contributed by atoms with E-state index in [-0.39, 0.29) is 11.8 Å². The molecule has 0 radical (unpaired) electrons. The predicted molar refractivity (Wildman–Crippen MR) is 74.5 cm³/mol. The van der Waals surface area contributed by atoms with E-state index in [1.165, 1.54) is 0 Å². The monoisotopic (exact) mass is 268 g/mol. The third-order valence-electron chi connectivity index (χ3n) is 3.14. The molecule has 0 spiro atoms.